The van der Waals surface area contributed by atoms with Gasteiger partial charge in [0.05, 0.1) is 11.4 Å². The molecule has 0 unspecified atom stereocenters. The molecule has 1 amide bonds. The second-order valence-electron chi connectivity index (χ2n) is 5.25. The van der Waals surface area contributed by atoms with E-state index in [9.17, 15) is 4.79 Å². The number of rotatable bonds is 5. The first-order valence-electron chi connectivity index (χ1n) is 7.29. The van der Waals surface area contributed by atoms with Crippen LogP contribution in [0.15, 0.2) is 36.7 Å². The highest BCUT2D eigenvalue weighted by Gasteiger charge is 2.17. The number of aromatic nitrogens is 3. The molecule has 0 saturated heterocycles. The van der Waals surface area contributed by atoms with Crippen molar-refractivity contribution >= 4 is 27.3 Å². The number of hydrogen-bond acceptors (Lipinski definition) is 4. The predicted octanol–water partition coefficient (Wildman–Crippen LogP) is 3.18. The van der Waals surface area contributed by atoms with E-state index in [0.717, 1.165) is 33.8 Å². The fraction of sp³-hybridized carbons (Fsp3) is 0.312. The molecule has 0 saturated carbocycles. The first kappa shape index (κ1) is 14.7. The second kappa shape index (κ2) is 6.27. The van der Waals surface area contributed by atoms with Crippen LogP contribution in [0.1, 0.15) is 28.8 Å². The maximum absolute atomic E-state index is 12.6. The largest absolute Gasteiger partial charge is 0.333 e. The zero-order valence-corrected chi connectivity index (χ0v) is 13.5. The molecule has 114 valence electrons. The van der Waals surface area contributed by atoms with Crippen molar-refractivity contribution in [3.05, 3.63) is 47.4 Å². The average Bonchev–Trinajstić information content (AvgIpc) is 3.13. The van der Waals surface area contributed by atoms with Gasteiger partial charge in [0.25, 0.3) is 5.91 Å². The van der Waals surface area contributed by atoms with E-state index in [1.54, 1.807) is 18.3 Å². The minimum atomic E-state index is 0.0206. The summed E-state index contributed by atoms with van der Waals surface area (Å²) in [5.41, 5.74) is 0. The van der Waals surface area contributed by atoms with Gasteiger partial charge in [0.15, 0.2) is 5.82 Å². The van der Waals surface area contributed by atoms with Gasteiger partial charge in [-0.1, -0.05) is 25.1 Å². The molecule has 0 fully saturated rings. The summed E-state index contributed by atoms with van der Waals surface area (Å²) >= 11 is 1.53. The molecule has 0 aliphatic rings. The van der Waals surface area contributed by atoms with Crippen molar-refractivity contribution in [3.63, 3.8) is 0 Å². The molecule has 1 aromatic carbocycles. The lowest BCUT2D eigenvalue weighted by atomic mass is 10.2. The first-order chi connectivity index (χ1) is 10.7. The van der Waals surface area contributed by atoms with E-state index in [2.05, 4.69) is 17.1 Å². The zero-order valence-electron chi connectivity index (χ0n) is 12.7. The lowest BCUT2D eigenvalue weighted by Gasteiger charge is -2.16. The SMILES string of the molecule is CCCn1cnnc1CN(C)C(=O)c1cc2ccccc2s1. The summed E-state index contributed by atoms with van der Waals surface area (Å²) in [6.45, 7) is 3.44. The minimum absolute atomic E-state index is 0.0206. The second-order valence-corrected chi connectivity index (χ2v) is 6.33. The third-order valence-electron chi connectivity index (χ3n) is 3.52. The Balaban J connectivity index is 1.77. The molecular weight excluding hydrogens is 296 g/mol. The smallest absolute Gasteiger partial charge is 0.264 e. The average molecular weight is 314 g/mol. The van der Waals surface area contributed by atoms with E-state index in [-0.39, 0.29) is 5.91 Å². The Morgan fingerprint density at radius 3 is 2.95 bits per heavy atom. The van der Waals surface area contributed by atoms with Gasteiger partial charge < -0.3 is 9.47 Å². The normalized spacial score (nSPS) is 11.0. The quantitative estimate of drug-likeness (QED) is 0.727. The highest BCUT2D eigenvalue weighted by atomic mass is 32.1. The molecule has 2 aromatic heterocycles. The summed E-state index contributed by atoms with van der Waals surface area (Å²) in [6, 6.07) is 10.00. The third kappa shape index (κ3) is 2.87. The lowest BCUT2D eigenvalue weighted by molar-refractivity contribution is 0.0785. The van der Waals surface area contributed by atoms with Crippen molar-refractivity contribution in [2.75, 3.05) is 7.05 Å². The molecule has 22 heavy (non-hydrogen) atoms. The number of nitrogens with zero attached hydrogens (tertiary/aromatic N) is 4. The summed E-state index contributed by atoms with van der Waals surface area (Å²) in [5.74, 6) is 0.839. The molecule has 0 N–H and O–H groups in total. The fourth-order valence-corrected chi connectivity index (χ4v) is 3.45. The number of aryl methyl sites for hydroxylation is 1. The standard InChI is InChI=1S/C16H18N4OS/c1-3-8-20-11-17-18-15(20)10-19(2)16(21)14-9-12-6-4-5-7-13(12)22-14/h4-7,9,11H,3,8,10H2,1-2H3. The van der Waals surface area contributed by atoms with Gasteiger partial charge in [-0.05, 0) is 23.9 Å². The van der Waals surface area contributed by atoms with Crippen LogP contribution in [0.4, 0.5) is 0 Å². The van der Waals surface area contributed by atoms with Gasteiger partial charge >= 0.3 is 0 Å². The Bertz CT molecular complexity index is 759. The monoisotopic (exact) mass is 314 g/mol. The van der Waals surface area contributed by atoms with Crippen molar-refractivity contribution in [2.45, 2.75) is 26.4 Å². The zero-order chi connectivity index (χ0) is 15.5. The van der Waals surface area contributed by atoms with Crippen LogP contribution in [0.5, 0.6) is 0 Å². The van der Waals surface area contributed by atoms with Gasteiger partial charge in [0.1, 0.15) is 6.33 Å². The Morgan fingerprint density at radius 1 is 1.36 bits per heavy atom. The predicted molar refractivity (Wildman–Crippen MR) is 87.9 cm³/mol. The summed E-state index contributed by atoms with van der Waals surface area (Å²) in [5, 5.41) is 9.16. The maximum Gasteiger partial charge on any atom is 0.264 e. The van der Waals surface area contributed by atoms with Crippen LogP contribution in [-0.4, -0.2) is 32.6 Å². The van der Waals surface area contributed by atoms with E-state index >= 15 is 0 Å². The van der Waals surface area contributed by atoms with Crippen molar-refractivity contribution in [3.8, 4) is 0 Å². The number of carbonyl (C=O) groups is 1. The molecule has 3 aromatic rings. The molecule has 0 aliphatic heterocycles. The van der Waals surface area contributed by atoms with E-state index in [1.807, 2.05) is 34.9 Å². The highest BCUT2D eigenvalue weighted by Crippen LogP contribution is 2.26. The van der Waals surface area contributed by atoms with Crippen LogP contribution in [0, 0.1) is 0 Å². The van der Waals surface area contributed by atoms with Crippen LogP contribution < -0.4 is 0 Å². The van der Waals surface area contributed by atoms with Gasteiger partial charge in [-0.2, -0.15) is 0 Å². The van der Waals surface area contributed by atoms with Crippen LogP contribution in [0.3, 0.4) is 0 Å². The van der Waals surface area contributed by atoms with Gasteiger partial charge in [0, 0.05) is 18.3 Å². The number of benzene rings is 1. The highest BCUT2D eigenvalue weighted by molar-refractivity contribution is 7.20. The first-order valence-corrected chi connectivity index (χ1v) is 8.11. The van der Waals surface area contributed by atoms with Gasteiger partial charge in [0.2, 0.25) is 0 Å². The van der Waals surface area contributed by atoms with E-state index in [1.165, 1.54) is 11.3 Å². The molecular formula is C16H18N4OS. The number of carbonyl (C=O) groups excluding carboxylic acids is 1. The van der Waals surface area contributed by atoms with E-state index in [4.69, 9.17) is 0 Å². The van der Waals surface area contributed by atoms with Crippen molar-refractivity contribution in [1.29, 1.82) is 0 Å². The van der Waals surface area contributed by atoms with Crippen LogP contribution in [0.2, 0.25) is 0 Å². The van der Waals surface area contributed by atoms with Crippen molar-refractivity contribution in [1.82, 2.24) is 19.7 Å². The number of hydrogen-bond donors (Lipinski definition) is 0. The molecule has 0 spiro atoms. The Kier molecular flexibility index (Phi) is 4.20. The Morgan fingerprint density at radius 2 is 2.18 bits per heavy atom. The summed E-state index contributed by atoms with van der Waals surface area (Å²) in [4.78, 5) is 15.0. The summed E-state index contributed by atoms with van der Waals surface area (Å²) < 4.78 is 3.13. The van der Waals surface area contributed by atoms with Crippen LogP contribution in [-0.2, 0) is 13.1 Å². The fourth-order valence-electron chi connectivity index (χ4n) is 2.39. The Hall–Kier alpha value is -2.21. The van der Waals surface area contributed by atoms with Crippen LogP contribution in [0.25, 0.3) is 10.1 Å². The van der Waals surface area contributed by atoms with Crippen LogP contribution >= 0.6 is 11.3 Å². The van der Waals surface area contributed by atoms with Gasteiger partial charge in [-0.15, -0.1) is 21.5 Å². The topological polar surface area (TPSA) is 51.0 Å². The molecule has 0 bridgehead atoms. The van der Waals surface area contributed by atoms with E-state index in [0.29, 0.717) is 6.54 Å². The number of thiophene rings is 1. The third-order valence-corrected chi connectivity index (χ3v) is 4.63. The minimum Gasteiger partial charge on any atom is -0.333 e. The van der Waals surface area contributed by atoms with Gasteiger partial charge in [-0.25, -0.2) is 0 Å². The molecule has 2 heterocycles. The number of fused-ring (bicyclic) bond motifs is 1. The summed E-state index contributed by atoms with van der Waals surface area (Å²) in [7, 11) is 1.80. The molecule has 0 atom stereocenters. The molecule has 0 aliphatic carbocycles. The molecule has 6 heteroatoms. The summed E-state index contributed by atoms with van der Waals surface area (Å²) in [6.07, 6.45) is 2.73. The van der Waals surface area contributed by atoms with Crippen molar-refractivity contribution < 1.29 is 4.79 Å². The maximum atomic E-state index is 12.6. The van der Waals surface area contributed by atoms with Crippen molar-refractivity contribution in [2.24, 2.45) is 0 Å². The molecule has 0 radical (unpaired) electrons. The lowest BCUT2D eigenvalue weighted by Crippen LogP contribution is -2.27. The van der Waals surface area contributed by atoms with E-state index < -0.39 is 0 Å². The number of amides is 1. The van der Waals surface area contributed by atoms with Gasteiger partial charge in [-0.3, -0.25) is 4.79 Å². The molecule has 3 rings (SSSR count). The molecule has 5 nitrogen and oxygen atoms in total. The Labute approximate surface area is 133 Å².